The first-order valence-electron chi connectivity index (χ1n) is 6.56. The van der Waals surface area contributed by atoms with Gasteiger partial charge < -0.3 is 9.84 Å². The Morgan fingerprint density at radius 1 is 1.05 bits per heavy atom. The van der Waals surface area contributed by atoms with Crippen LogP contribution in [-0.4, -0.2) is 10.7 Å². The van der Waals surface area contributed by atoms with E-state index in [1.54, 1.807) is 12.1 Å². The molecular formula is C16H16N2O2. The summed E-state index contributed by atoms with van der Waals surface area (Å²) in [6, 6.07) is 12.9. The van der Waals surface area contributed by atoms with Gasteiger partial charge in [0.15, 0.2) is 11.5 Å². The van der Waals surface area contributed by atoms with Crippen LogP contribution < -0.4 is 4.74 Å². The fourth-order valence-electron chi connectivity index (χ4n) is 2.33. The second-order valence-electron chi connectivity index (χ2n) is 5.49. The Kier molecular flexibility index (Phi) is 2.93. The number of nitrogens with zero attached hydrogens (tertiary/aromatic N) is 2. The molecule has 0 amide bonds. The summed E-state index contributed by atoms with van der Waals surface area (Å²) in [6.45, 7) is 3.98. The van der Waals surface area contributed by atoms with Crippen LogP contribution in [0.5, 0.6) is 11.5 Å². The van der Waals surface area contributed by atoms with E-state index in [1.165, 1.54) is 0 Å². The molecule has 102 valence electrons. The quantitative estimate of drug-likeness (QED) is 0.814. The van der Waals surface area contributed by atoms with Crippen LogP contribution in [0.15, 0.2) is 52.7 Å². The van der Waals surface area contributed by atoms with Gasteiger partial charge in [-0.3, -0.25) is 0 Å². The maximum absolute atomic E-state index is 9.88. The number of fused-ring (bicyclic) bond motifs is 1. The lowest BCUT2D eigenvalue weighted by atomic mass is 10.0. The van der Waals surface area contributed by atoms with Crippen LogP contribution in [0.25, 0.3) is 0 Å². The molecule has 0 atom stereocenters. The first kappa shape index (κ1) is 12.7. The predicted molar refractivity (Wildman–Crippen MR) is 77.1 cm³/mol. The number of aromatic hydroxyl groups is 1. The molecule has 2 aromatic rings. The fourth-order valence-corrected chi connectivity index (χ4v) is 2.33. The van der Waals surface area contributed by atoms with Gasteiger partial charge in [-0.05, 0) is 38.1 Å². The van der Waals surface area contributed by atoms with Gasteiger partial charge in [-0.25, -0.2) is 0 Å². The van der Waals surface area contributed by atoms with Crippen molar-refractivity contribution >= 4 is 11.4 Å². The maximum atomic E-state index is 9.88. The third kappa shape index (κ3) is 2.37. The molecule has 0 unspecified atom stereocenters. The lowest BCUT2D eigenvalue weighted by Gasteiger charge is -2.16. The summed E-state index contributed by atoms with van der Waals surface area (Å²) in [5, 5.41) is 18.4. The standard InChI is InChI=1S/C16H16N2O2/c1-16(2)10-12-13(8-9-14(19)15(12)20-16)18-17-11-6-4-3-5-7-11/h3-9,19H,10H2,1-2H3. The molecule has 0 saturated carbocycles. The van der Waals surface area contributed by atoms with Crippen LogP contribution in [0.3, 0.4) is 0 Å². The Labute approximate surface area is 117 Å². The Morgan fingerprint density at radius 2 is 1.80 bits per heavy atom. The highest BCUT2D eigenvalue weighted by Gasteiger charge is 2.34. The van der Waals surface area contributed by atoms with Crippen molar-refractivity contribution in [2.75, 3.05) is 0 Å². The maximum Gasteiger partial charge on any atom is 0.167 e. The van der Waals surface area contributed by atoms with Gasteiger partial charge in [-0.15, -0.1) is 0 Å². The molecule has 2 aromatic carbocycles. The zero-order chi connectivity index (χ0) is 14.2. The first-order valence-corrected chi connectivity index (χ1v) is 6.56. The van der Waals surface area contributed by atoms with E-state index in [-0.39, 0.29) is 11.4 Å². The Hall–Kier alpha value is -2.36. The van der Waals surface area contributed by atoms with Crippen molar-refractivity contribution in [3.8, 4) is 11.5 Å². The van der Waals surface area contributed by atoms with Crippen molar-refractivity contribution < 1.29 is 9.84 Å². The lowest BCUT2D eigenvalue weighted by Crippen LogP contribution is -2.24. The summed E-state index contributed by atoms with van der Waals surface area (Å²) < 4.78 is 5.77. The Morgan fingerprint density at radius 3 is 2.55 bits per heavy atom. The highest BCUT2D eigenvalue weighted by atomic mass is 16.5. The minimum absolute atomic E-state index is 0.157. The molecular weight excluding hydrogens is 252 g/mol. The van der Waals surface area contributed by atoms with Crippen molar-refractivity contribution in [3.05, 3.63) is 48.0 Å². The number of phenols is 1. The molecule has 4 nitrogen and oxygen atoms in total. The predicted octanol–water partition coefficient (Wildman–Crippen LogP) is 4.52. The van der Waals surface area contributed by atoms with Gasteiger partial charge in [0.1, 0.15) is 5.60 Å². The zero-order valence-electron chi connectivity index (χ0n) is 11.5. The van der Waals surface area contributed by atoms with E-state index >= 15 is 0 Å². The topological polar surface area (TPSA) is 54.2 Å². The van der Waals surface area contributed by atoms with Gasteiger partial charge in [0.25, 0.3) is 0 Å². The van der Waals surface area contributed by atoms with E-state index in [4.69, 9.17) is 4.74 Å². The number of rotatable bonds is 2. The van der Waals surface area contributed by atoms with Crippen molar-refractivity contribution in [3.63, 3.8) is 0 Å². The molecule has 4 heteroatoms. The van der Waals surface area contributed by atoms with Gasteiger partial charge in [0.05, 0.1) is 11.4 Å². The van der Waals surface area contributed by atoms with E-state index in [2.05, 4.69) is 10.2 Å². The first-order chi connectivity index (χ1) is 9.55. The average molecular weight is 268 g/mol. The molecule has 0 spiro atoms. The minimum atomic E-state index is -0.321. The van der Waals surface area contributed by atoms with Crippen LogP contribution >= 0.6 is 0 Å². The van der Waals surface area contributed by atoms with Gasteiger partial charge in [0.2, 0.25) is 0 Å². The second kappa shape index (κ2) is 4.63. The molecule has 20 heavy (non-hydrogen) atoms. The van der Waals surface area contributed by atoms with E-state index in [1.807, 2.05) is 44.2 Å². The molecule has 0 radical (unpaired) electrons. The van der Waals surface area contributed by atoms with E-state index in [9.17, 15) is 5.11 Å². The lowest BCUT2D eigenvalue weighted by molar-refractivity contribution is 0.134. The van der Waals surface area contributed by atoms with Crippen LogP contribution in [0.4, 0.5) is 11.4 Å². The van der Waals surface area contributed by atoms with Crippen molar-refractivity contribution in [2.24, 2.45) is 10.2 Å². The van der Waals surface area contributed by atoms with Crippen molar-refractivity contribution in [2.45, 2.75) is 25.9 Å². The number of hydrogen-bond donors (Lipinski definition) is 1. The van der Waals surface area contributed by atoms with Crippen LogP contribution in [0.1, 0.15) is 19.4 Å². The summed E-state index contributed by atoms with van der Waals surface area (Å²) in [7, 11) is 0. The second-order valence-corrected chi connectivity index (χ2v) is 5.49. The van der Waals surface area contributed by atoms with Crippen LogP contribution in [0, 0.1) is 0 Å². The van der Waals surface area contributed by atoms with E-state index in [0.29, 0.717) is 12.2 Å². The summed E-state index contributed by atoms with van der Waals surface area (Å²) in [5.74, 6) is 0.684. The summed E-state index contributed by atoms with van der Waals surface area (Å²) in [5.41, 5.74) is 2.13. The summed E-state index contributed by atoms with van der Waals surface area (Å²) in [6.07, 6.45) is 0.708. The van der Waals surface area contributed by atoms with E-state index < -0.39 is 0 Å². The largest absolute Gasteiger partial charge is 0.504 e. The average Bonchev–Trinajstić information content (AvgIpc) is 2.76. The molecule has 1 aliphatic rings. The number of ether oxygens (including phenoxy) is 1. The number of hydrogen-bond acceptors (Lipinski definition) is 4. The highest BCUT2D eigenvalue weighted by Crippen LogP contribution is 2.46. The number of benzene rings is 2. The molecule has 1 N–H and O–H groups in total. The van der Waals surface area contributed by atoms with Crippen LogP contribution in [-0.2, 0) is 6.42 Å². The molecule has 1 aliphatic heterocycles. The Balaban J connectivity index is 1.97. The van der Waals surface area contributed by atoms with E-state index in [0.717, 1.165) is 16.9 Å². The third-order valence-electron chi connectivity index (χ3n) is 3.23. The minimum Gasteiger partial charge on any atom is -0.504 e. The van der Waals surface area contributed by atoms with Gasteiger partial charge in [-0.2, -0.15) is 10.2 Å². The SMILES string of the molecule is CC1(C)Cc2c(N=Nc3ccccc3)ccc(O)c2O1. The summed E-state index contributed by atoms with van der Waals surface area (Å²) in [4.78, 5) is 0. The molecule has 1 heterocycles. The van der Waals surface area contributed by atoms with Crippen molar-refractivity contribution in [1.29, 1.82) is 0 Å². The molecule has 0 fully saturated rings. The zero-order valence-corrected chi connectivity index (χ0v) is 11.5. The number of phenolic OH excluding ortho intramolecular Hbond substituents is 1. The molecule has 0 bridgehead atoms. The molecule has 0 aliphatic carbocycles. The Bertz CT molecular complexity index is 664. The molecule has 0 aromatic heterocycles. The normalized spacial score (nSPS) is 16.1. The highest BCUT2D eigenvalue weighted by molar-refractivity contribution is 5.62. The fraction of sp³-hybridized carbons (Fsp3) is 0.250. The van der Waals surface area contributed by atoms with Gasteiger partial charge in [0, 0.05) is 12.0 Å². The van der Waals surface area contributed by atoms with Crippen LogP contribution in [0.2, 0.25) is 0 Å². The number of azo groups is 1. The molecule has 3 rings (SSSR count). The monoisotopic (exact) mass is 268 g/mol. The molecule has 0 saturated heterocycles. The van der Waals surface area contributed by atoms with Gasteiger partial charge in [-0.1, -0.05) is 18.2 Å². The smallest absolute Gasteiger partial charge is 0.167 e. The van der Waals surface area contributed by atoms with Gasteiger partial charge >= 0.3 is 0 Å². The third-order valence-corrected chi connectivity index (χ3v) is 3.23. The van der Waals surface area contributed by atoms with Crippen molar-refractivity contribution in [1.82, 2.24) is 0 Å². The summed E-state index contributed by atoms with van der Waals surface area (Å²) >= 11 is 0.